The molecule has 1 N–H and O–H groups in total. The molecule has 0 radical (unpaired) electrons. The Morgan fingerprint density at radius 2 is 1.29 bits per heavy atom. The molecule has 0 saturated heterocycles. The summed E-state index contributed by atoms with van der Waals surface area (Å²) >= 11 is 0. The highest BCUT2D eigenvalue weighted by Gasteiger charge is 2.16. The lowest BCUT2D eigenvalue weighted by Crippen LogP contribution is -2.17. The first-order chi connectivity index (χ1) is 20.4. The van der Waals surface area contributed by atoms with Crippen LogP contribution in [0.1, 0.15) is 39.9 Å². The van der Waals surface area contributed by atoms with Crippen LogP contribution in [0.5, 0.6) is 0 Å². The lowest BCUT2D eigenvalue weighted by molar-refractivity contribution is 0.744. The van der Waals surface area contributed by atoms with E-state index in [1.165, 1.54) is 5.56 Å². The number of pyridine rings is 3. The van der Waals surface area contributed by atoms with Crippen LogP contribution in [-0.2, 0) is 0 Å². The molecule has 4 heterocycles. The van der Waals surface area contributed by atoms with Crippen LogP contribution in [0, 0.1) is 27.7 Å². The van der Waals surface area contributed by atoms with Gasteiger partial charge in [-0.1, -0.05) is 78.9 Å². The van der Waals surface area contributed by atoms with Gasteiger partial charge in [0.2, 0.25) is 0 Å². The molecule has 0 bridgehead atoms. The highest BCUT2D eigenvalue weighted by atomic mass is 14.9. The molecule has 0 amide bonds. The first-order valence-electron chi connectivity index (χ1n) is 14.3. The Balaban J connectivity index is 1.51. The fourth-order valence-electron chi connectivity index (χ4n) is 5.69. The van der Waals surface area contributed by atoms with Gasteiger partial charge in [0, 0.05) is 46.3 Å². The van der Waals surface area contributed by atoms with Crippen LogP contribution < -0.4 is 5.32 Å². The third kappa shape index (κ3) is 5.84. The Morgan fingerprint density at radius 1 is 0.643 bits per heavy atom. The van der Waals surface area contributed by atoms with Gasteiger partial charge in [-0.05, 0) is 91.1 Å². The summed E-state index contributed by atoms with van der Waals surface area (Å²) in [4.78, 5) is 14.0. The molecule has 1 aliphatic heterocycles. The number of nitrogens with zero attached hydrogens (tertiary/aromatic N) is 3. The number of aryl methyl sites for hydroxylation is 4. The van der Waals surface area contributed by atoms with Gasteiger partial charge in [0.1, 0.15) is 0 Å². The molecule has 0 fully saturated rings. The van der Waals surface area contributed by atoms with Gasteiger partial charge in [-0.15, -0.1) is 0 Å². The number of hydrogen-bond acceptors (Lipinski definition) is 4. The molecule has 0 aliphatic carbocycles. The van der Waals surface area contributed by atoms with Gasteiger partial charge in [-0.3, -0.25) is 15.0 Å². The Kier molecular flexibility index (Phi) is 7.61. The molecule has 1 atom stereocenters. The van der Waals surface area contributed by atoms with Gasteiger partial charge < -0.3 is 5.32 Å². The second kappa shape index (κ2) is 11.8. The third-order valence-corrected chi connectivity index (χ3v) is 7.46. The second-order valence-corrected chi connectivity index (χ2v) is 10.8. The normalized spacial score (nSPS) is 14.2. The fraction of sp³-hybridized carbons (Fsp3) is 0.132. The van der Waals surface area contributed by atoms with Gasteiger partial charge in [0.05, 0.1) is 11.7 Å². The van der Waals surface area contributed by atoms with E-state index in [2.05, 4.69) is 131 Å². The van der Waals surface area contributed by atoms with Crippen LogP contribution in [0.4, 0.5) is 0 Å². The summed E-state index contributed by atoms with van der Waals surface area (Å²) in [6.45, 7) is 8.13. The molecule has 5 aromatic rings. The predicted octanol–water partition coefficient (Wildman–Crippen LogP) is 8.96. The zero-order chi connectivity index (χ0) is 29.1. The van der Waals surface area contributed by atoms with Crippen LogP contribution in [-0.4, -0.2) is 15.0 Å². The molecule has 3 aromatic heterocycles. The van der Waals surface area contributed by atoms with E-state index < -0.39 is 0 Å². The molecule has 0 saturated carbocycles. The van der Waals surface area contributed by atoms with Gasteiger partial charge in [0.15, 0.2) is 0 Å². The van der Waals surface area contributed by atoms with E-state index in [0.717, 1.165) is 67.1 Å². The number of hydrogen-bond donors (Lipinski definition) is 1. The molecule has 206 valence electrons. The molecule has 2 aromatic carbocycles. The molecular formula is C38H34N4. The highest BCUT2D eigenvalue weighted by Crippen LogP contribution is 2.36. The molecule has 42 heavy (non-hydrogen) atoms. The summed E-state index contributed by atoms with van der Waals surface area (Å²) in [6.07, 6.45) is 8.59. The van der Waals surface area contributed by atoms with E-state index in [-0.39, 0.29) is 6.04 Å². The summed E-state index contributed by atoms with van der Waals surface area (Å²) in [5.74, 6) is 0. The maximum absolute atomic E-state index is 4.95. The van der Waals surface area contributed by atoms with Crippen molar-refractivity contribution in [2.75, 3.05) is 0 Å². The topological polar surface area (TPSA) is 50.7 Å². The minimum atomic E-state index is 0.0880. The van der Waals surface area contributed by atoms with E-state index >= 15 is 0 Å². The SMILES string of the molecule is Cc1cc(-c2ccc(-c3c(C4=CNC(c5cc(C)nc(C)c5)C=C4)ccccccc4ccccc34)cn2)cc(C)n1. The van der Waals surface area contributed by atoms with Gasteiger partial charge >= 0.3 is 0 Å². The average Bonchev–Trinajstić information content (AvgIpc) is 2.98. The monoisotopic (exact) mass is 546 g/mol. The minimum Gasteiger partial charge on any atom is -0.380 e. The second-order valence-electron chi connectivity index (χ2n) is 10.8. The Labute approximate surface area is 247 Å². The Bertz CT molecular complexity index is 1860. The minimum absolute atomic E-state index is 0.0880. The van der Waals surface area contributed by atoms with E-state index in [0.29, 0.717) is 0 Å². The number of nitrogens with one attached hydrogen (secondary N) is 1. The van der Waals surface area contributed by atoms with E-state index in [9.17, 15) is 0 Å². The summed E-state index contributed by atoms with van der Waals surface area (Å²) in [5.41, 5.74) is 11.7. The number of dihydropyridines is 1. The predicted molar refractivity (Wildman–Crippen MR) is 174 cm³/mol. The Morgan fingerprint density at radius 3 is 1.93 bits per heavy atom. The van der Waals surface area contributed by atoms with Crippen molar-refractivity contribution in [2.45, 2.75) is 33.7 Å². The van der Waals surface area contributed by atoms with E-state index in [4.69, 9.17) is 4.98 Å². The van der Waals surface area contributed by atoms with Gasteiger partial charge in [0.25, 0.3) is 0 Å². The third-order valence-electron chi connectivity index (χ3n) is 7.46. The molecule has 1 unspecified atom stereocenters. The highest BCUT2D eigenvalue weighted by molar-refractivity contribution is 6.01. The number of fused-ring (bicyclic) bond motifs is 1. The molecule has 4 nitrogen and oxygen atoms in total. The molecular weight excluding hydrogens is 512 g/mol. The summed E-state index contributed by atoms with van der Waals surface area (Å²) in [5, 5.41) is 5.95. The van der Waals surface area contributed by atoms with Crippen molar-refractivity contribution in [1.82, 2.24) is 20.3 Å². The van der Waals surface area contributed by atoms with Crippen molar-refractivity contribution in [3.63, 3.8) is 0 Å². The number of rotatable bonds is 4. The smallest absolute Gasteiger partial charge is 0.0703 e. The van der Waals surface area contributed by atoms with Gasteiger partial charge in [-0.25, -0.2) is 0 Å². The molecule has 4 heteroatoms. The molecule has 6 rings (SSSR count). The first kappa shape index (κ1) is 27.1. The summed E-state index contributed by atoms with van der Waals surface area (Å²) < 4.78 is 0. The largest absolute Gasteiger partial charge is 0.380 e. The quantitative estimate of drug-likeness (QED) is 0.244. The van der Waals surface area contributed by atoms with Crippen molar-refractivity contribution in [3.05, 3.63) is 156 Å². The number of aromatic nitrogens is 3. The average molecular weight is 547 g/mol. The number of benzene rings is 1. The Hall–Kier alpha value is -5.09. The summed E-state index contributed by atoms with van der Waals surface area (Å²) in [7, 11) is 0. The van der Waals surface area contributed by atoms with Gasteiger partial charge in [-0.2, -0.15) is 0 Å². The zero-order valence-electron chi connectivity index (χ0n) is 24.5. The van der Waals surface area contributed by atoms with Crippen LogP contribution >= 0.6 is 0 Å². The standard InChI is InChI=1S/C38H34N4/c1-25-19-32(20-26(2)41-25)36-17-15-30(23-39-36)35-13-8-6-5-7-11-29-12-9-10-14-34(29)38(35)31-16-18-37(40-24-31)33-21-27(3)42-28(4)22-33/h5-24,36,39H,1-4H3. The van der Waals surface area contributed by atoms with Crippen LogP contribution in [0.25, 0.3) is 38.7 Å². The van der Waals surface area contributed by atoms with Crippen molar-refractivity contribution in [3.8, 4) is 22.4 Å². The van der Waals surface area contributed by atoms with Crippen molar-refractivity contribution in [1.29, 1.82) is 0 Å². The van der Waals surface area contributed by atoms with Crippen LogP contribution in [0.15, 0.2) is 122 Å². The maximum Gasteiger partial charge on any atom is 0.0703 e. The maximum atomic E-state index is 4.95. The number of allylic oxidation sites excluding steroid dienone is 2. The van der Waals surface area contributed by atoms with E-state index in [1.54, 1.807) is 0 Å². The van der Waals surface area contributed by atoms with E-state index in [1.807, 2.05) is 33.9 Å². The first-order valence-corrected chi connectivity index (χ1v) is 14.3. The van der Waals surface area contributed by atoms with Crippen LogP contribution in [0.2, 0.25) is 0 Å². The lowest BCUT2D eigenvalue weighted by atomic mass is 9.91. The molecule has 0 spiro atoms. The fourth-order valence-corrected chi connectivity index (χ4v) is 5.69. The van der Waals surface area contributed by atoms with Crippen LogP contribution in [0.3, 0.4) is 0 Å². The van der Waals surface area contributed by atoms with Crippen molar-refractivity contribution >= 4 is 16.3 Å². The molecule has 1 aliphatic rings. The van der Waals surface area contributed by atoms with Crippen molar-refractivity contribution in [2.24, 2.45) is 0 Å². The zero-order valence-corrected chi connectivity index (χ0v) is 24.5. The summed E-state index contributed by atoms with van der Waals surface area (Å²) in [6, 6.07) is 34.1. The van der Waals surface area contributed by atoms with Crippen molar-refractivity contribution < 1.29 is 0 Å². The lowest BCUT2D eigenvalue weighted by Gasteiger charge is -2.21.